The maximum absolute atomic E-state index is 12.5. The third-order valence-corrected chi connectivity index (χ3v) is 6.36. The Balaban J connectivity index is 1.29. The van der Waals surface area contributed by atoms with Crippen molar-refractivity contribution in [2.24, 2.45) is 0 Å². The van der Waals surface area contributed by atoms with Crippen molar-refractivity contribution in [3.05, 3.63) is 73.1 Å². The van der Waals surface area contributed by atoms with Gasteiger partial charge in [0.1, 0.15) is 5.75 Å². The number of piperazine rings is 1. The summed E-state index contributed by atoms with van der Waals surface area (Å²) in [6, 6.07) is 11.9. The van der Waals surface area contributed by atoms with Crippen molar-refractivity contribution >= 4 is 17.5 Å². The maximum Gasteiger partial charge on any atom is 0.309 e. The van der Waals surface area contributed by atoms with Crippen LogP contribution in [0.5, 0.6) is 5.75 Å². The molecule has 2 amide bonds. The van der Waals surface area contributed by atoms with E-state index in [1.165, 1.54) is 0 Å². The number of hydrogen-bond acceptors (Lipinski definition) is 7. The Morgan fingerprint density at radius 3 is 2.44 bits per heavy atom. The van der Waals surface area contributed by atoms with Gasteiger partial charge in [-0.2, -0.15) is 0 Å². The van der Waals surface area contributed by atoms with Gasteiger partial charge in [-0.15, -0.1) is 0 Å². The van der Waals surface area contributed by atoms with E-state index in [0.29, 0.717) is 19.5 Å². The van der Waals surface area contributed by atoms with Gasteiger partial charge in [-0.1, -0.05) is 6.07 Å². The smallest absolute Gasteiger partial charge is 0.309 e. The summed E-state index contributed by atoms with van der Waals surface area (Å²) in [6.45, 7) is 4.83. The Morgan fingerprint density at radius 1 is 1.00 bits per heavy atom. The van der Waals surface area contributed by atoms with Gasteiger partial charge in [-0.3, -0.25) is 19.5 Å². The summed E-state index contributed by atoms with van der Waals surface area (Å²) < 4.78 is 7.19. The minimum absolute atomic E-state index is 0.0743. The lowest BCUT2D eigenvalue weighted by Gasteiger charge is -2.40. The van der Waals surface area contributed by atoms with Crippen LogP contribution in [0.25, 0.3) is 0 Å². The number of benzene rings is 1. The molecular weight excluding hydrogens is 458 g/mol. The molecule has 1 fully saturated rings. The Hall–Kier alpha value is -3.92. The Labute approximate surface area is 211 Å². The number of carbonyl (C=O) groups is 2. The van der Waals surface area contributed by atoms with Crippen LogP contribution in [0.15, 0.2) is 67.5 Å². The normalized spacial score (nSPS) is 14.8. The monoisotopic (exact) mass is 491 g/mol. The second kappa shape index (κ2) is 12.7. The van der Waals surface area contributed by atoms with E-state index < -0.39 is 11.8 Å². The minimum Gasteiger partial charge on any atom is -0.497 e. The molecule has 3 heterocycles. The standard InChI is InChI=1S/C26H33N7O3/c1-36-23-7-5-22(6-8-23)32-14-16-33(17-15-32)24(21-4-2-9-27-18-21)19-30-26(35)25(34)29-10-3-12-31-13-11-28-20-31/h2,4-9,11,13,18,20,24H,3,10,12,14-17,19H2,1H3,(H,29,34)(H,30,35)/t24-/m0/s1. The zero-order valence-electron chi connectivity index (χ0n) is 20.5. The minimum atomic E-state index is -0.622. The maximum atomic E-state index is 12.5. The number of rotatable bonds is 10. The van der Waals surface area contributed by atoms with Crippen LogP contribution in [0.4, 0.5) is 5.69 Å². The summed E-state index contributed by atoms with van der Waals surface area (Å²) in [5.41, 5.74) is 2.17. The first-order chi connectivity index (χ1) is 17.6. The molecule has 190 valence electrons. The molecule has 1 atom stereocenters. The van der Waals surface area contributed by atoms with E-state index in [1.807, 2.05) is 41.2 Å². The van der Waals surface area contributed by atoms with E-state index in [2.05, 4.69) is 42.5 Å². The van der Waals surface area contributed by atoms with Gasteiger partial charge in [-0.25, -0.2) is 4.98 Å². The van der Waals surface area contributed by atoms with Crippen molar-refractivity contribution in [2.75, 3.05) is 51.3 Å². The second-order valence-corrected chi connectivity index (χ2v) is 8.64. The fourth-order valence-corrected chi connectivity index (χ4v) is 4.35. The number of nitrogens with zero attached hydrogens (tertiary/aromatic N) is 5. The number of imidazole rings is 1. The Kier molecular flexibility index (Phi) is 8.87. The highest BCUT2D eigenvalue weighted by Crippen LogP contribution is 2.25. The van der Waals surface area contributed by atoms with E-state index in [9.17, 15) is 9.59 Å². The van der Waals surface area contributed by atoms with Gasteiger partial charge >= 0.3 is 11.8 Å². The molecule has 0 saturated carbocycles. The van der Waals surface area contributed by atoms with Crippen LogP contribution in [-0.4, -0.2) is 77.6 Å². The number of carbonyl (C=O) groups excluding carboxylic acids is 2. The van der Waals surface area contributed by atoms with E-state index in [4.69, 9.17) is 4.74 Å². The lowest BCUT2D eigenvalue weighted by atomic mass is 10.1. The van der Waals surface area contributed by atoms with Gasteiger partial charge < -0.3 is 24.8 Å². The first-order valence-corrected chi connectivity index (χ1v) is 12.2. The first kappa shape index (κ1) is 25.2. The van der Waals surface area contributed by atoms with Gasteiger partial charge in [0.15, 0.2) is 0 Å². The molecule has 4 rings (SSSR count). The molecule has 1 aromatic carbocycles. The molecule has 1 aliphatic heterocycles. The van der Waals surface area contributed by atoms with E-state index in [0.717, 1.165) is 49.7 Å². The number of methoxy groups -OCH3 is 1. The number of aryl methyl sites for hydroxylation is 1. The number of aromatic nitrogens is 3. The fourth-order valence-electron chi connectivity index (χ4n) is 4.35. The Bertz CT molecular complexity index is 1080. The van der Waals surface area contributed by atoms with Crippen molar-refractivity contribution < 1.29 is 14.3 Å². The second-order valence-electron chi connectivity index (χ2n) is 8.64. The van der Waals surface area contributed by atoms with Crippen molar-refractivity contribution in [3.8, 4) is 5.75 Å². The van der Waals surface area contributed by atoms with Gasteiger partial charge in [0.2, 0.25) is 0 Å². The SMILES string of the molecule is COc1ccc(N2CCN([C@@H](CNC(=O)C(=O)NCCCn3ccnc3)c3cccnc3)CC2)cc1. The van der Waals surface area contributed by atoms with Crippen LogP contribution in [0, 0.1) is 0 Å². The van der Waals surface area contributed by atoms with E-state index in [-0.39, 0.29) is 6.04 Å². The number of ether oxygens (including phenoxy) is 1. The third kappa shape index (κ3) is 6.82. The van der Waals surface area contributed by atoms with Gasteiger partial charge in [0, 0.05) is 76.3 Å². The quantitative estimate of drug-likeness (QED) is 0.327. The van der Waals surface area contributed by atoms with Gasteiger partial charge in [-0.05, 0) is 42.3 Å². The molecule has 2 aromatic heterocycles. The largest absolute Gasteiger partial charge is 0.497 e. The first-order valence-electron chi connectivity index (χ1n) is 12.2. The number of nitrogens with one attached hydrogen (secondary N) is 2. The molecule has 1 aliphatic rings. The molecule has 0 spiro atoms. The molecule has 2 N–H and O–H groups in total. The molecule has 0 bridgehead atoms. The van der Waals surface area contributed by atoms with Crippen LogP contribution in [0.3, 0.4) is 0 Å². The summed E-state index contributed by atoms with van der Waals surface area (Å²) in [5, 5.41) is 5.52. The third-order valence-electron chi connectivity index (χ3n) is 6.36. The zero-order chi connectivity index (χ0) is 25.2. The number of hydrogen-bond donors (Lipinski definition) is 2. The molecule has 0 aliphatic carbocycles. The molecule has 10 heteroatoms. The number of pyridine rings is 1. The van der Waals surface area contributed by atoms with Gasteiger partial charge in [0.05, 0.1) is 19.5 Å². The van der Waals surface area contributed by atoms with Crippen molar-refractivity contribution in [1.82, 2.24) is 30.1 Å². The highest BCUT2D eigenvalue weighted by molar-refractivity contribution is 6.35. The van der Waals surface area contributed by atoms with Crippen molar-refractivity contribution in [1.29, 1.82) is 0 Å². The average molecular weight is 492 g/mol. The highest BCUT2D eigenvalue weighted by Gasteiger charge is 2.26. The molecule has 10 nitrogen and oxygen atoms in total. The lowest BCUT2D eigenvalue weighted by molar-refractivity contribution is -0.139. The van der Waals surface area contributed by atoms with Crippen LogP contribution in [-0.2, 0) is 16.1 Å². The average Bonchev–Trinajstić information content (AvgIpc) is 3.46. The van der Waals surface area contributed by atoms with Crippen molar-refractivity contribution in [2.45, 2.75) is 19.0 Å². The fraction of sp³-hybridized carbons (Fsp3) is 0.385. The van der Waals surface area contributed by atoms with Crippen LogP contribution in [0.2, 0.25) is 0 Å². The predicted molar refractivity (Wildman–Crippen MR) is 137 cm³/mol. The predicted octanol–water partition coefficient (Wildman–Crippen LogP) is 1.47. The zero-order valence-corrected chi connectivity index (χ0v) is 20.5. The molecule has 3 aromatic rings. The molecule has 36 heavy (non-hydrogen) atoms. The van der Waals surface area contributed by atoms with E-state index >= 15 is 0 Å². The summed E-state index contributed by atoms with van der Waals surface area (Å²) in [6.07, 6.45) is 9.57. The molecule has 0 unspecified atom stereocenters. The molecule has 1 saturated heterocycles. The lowest BCUT2D eigenvalue weighted by Crippen LogP contribution is -2.51. The van der Waals surface area contributed by atoms with Crippen LogP contribution in [0.1, 0.15) is 18.0 Å². The van der Waals surface area contributed by atoms with Crippen molar-refractivity contribution in [3.63, 3.8) is 0 Å². The van der Waals surface area contributed by atoms with Crippen LogP contribution >= 0.6 is 0 Å². The molecular formula is C26H33N7O3. The summed E-state index contributed by atoms with van der Waals surface area (Å²) >= 11 is 0. The van der Waals surface area contributed by atoms with Gasteiger partial charge in [0.25, 0.3) is 0 Å². The number of anilines is 1. The summed E-state index contributed by atoms with van der Waals surface area (Å²) in [7, 11) is 1.66. The number of amides is 2. The Morgan fingerprint density at radius 2 is 1.78 bits per heavy atom. The van der Waals surface area contributed by atoms with E-state index in [1.54, 1.807) is 25.8 Å². The molecule has 0 radical (unpaired) electrons. The summed E-state index contributed by atoms with van der Waals surface area (Å²) in [4.78, 5) is 37.7. The summed E-state index contributed by atoms with van der Waals surface area (Å²) in [5.74, 6) is -0.398. The van der Waals surface area contributed by atoms with Crippen LogP contribution < -0.4 is 20.3 Å². The topological polar surface area (TPSA) is 105 Å². The highest BCUT2D eigenvalue weighted by atomic mass is 16.5.